The van der Waals surface area contributed by atoms with Crippen LogP contribution < -0.4 is 15.4 Å². The van der Waals surface area contributed by atoms with Gasteiger partial charge in [-0.2, -0.15) is 0 Å². The number of hydrogen-bond acceptors (Lipinski definition) is 6. The molecule has 10 heteroatoms. The second kappa shape index (κ2) is 8.02. The summed E-state index contributed by atoms with van der Waals surface area (Å²) in [6.45, 7) is 3.13. The van der Waals surface area contributed by atoms with Crippen molar-refractivity contribution >= 4 is 38.9 Å². The zero-order valence-electron chi connectivity index (χ0n) is 14.2. The molecule has 26 heavy (non-hydrogen) atoms. The second-order valence-corrected chi connectivity index (χ2v) is 8.01. The predicted octanol–water partition coefficient (Wildman–Crippen LogP) is 2.25. The van der Waals surface area contributed by atoms with Crippen LogP contribution in [-0.2, 0) is 14.8 Å². The average Bonchev–Trinajstić information content (AvgIpc) is 3.25. The summed E-state index contributed by atoms with van der Waals surface area (Å²) in [7, 11) is -3.73. The van der Waals surface area contributed by atoms with Gasteiger partial charge in [0.25, 0.3) is 10.0 Å². The van der Waals surface area contributed by atoms with Crippen LogP contribution in [0.2, 0.25) is 0 Å². The maximum Gasteiger partial charge on any atom is 0.263 e. The molecule has 2 heterocycles. The first kappa shape index (κ1) is 18.6. The summed E-state index contributed by atoms with van der Waals surface area (Å²) >= 11 is 5.24. The Hall–Kier alpha value is -2.17. The standard InChI is InChI=1S/C16H20N4O4S2/c1-11-9-15(19-24-11)20-26(21,22)14-6-4-12(5-7-14)18-16(25)17-10-13-3-2-8-23-13/h4-7,9,13H,2-3,8,10H2,1H3,(H,19,20)(H2,17,18,25). The summed E-state index contributed by atoms with van der Waals surface area (Å²) in [6, 6.07) is 7.76. The Labute approximate surface area is 157 Å². The first-order valence-corrected chi connectivity index (χ1v) is 10.0. The minimum Gasteiger partial charge on any atom is -0.376 e. The highest BCUT2D eigenvalue weighted by atomic mass is 32.2. The monoisotopic (exact) mass is 396 g/mol. The van der Waals surface area contributed by atoms with Crippen LogP contribution in [0.3, 0.4) is 0 Å². The molecule has 3 N–H and O–H groups in total. The molecule has 1 aliphatic rings. The smallest absolute Gasteiger partial charge is 0.263 e. The van der Waals surface area contributed by atoms with Gasteiger partial charge in [-0.05, 0) is 56.2 Å². The molecule has 1 aliphatic heterocycles. The van der Waals surface area contributed by atoms with Crippen LogP contribution in [-0.4, -0.2) is 37.9 Å². The number of hydrogen-bond donors (Lipinski definition) is 3. The minimum absolute atomic E-state index is 0.113. The molecule has 140 valence electrons. The van der Waals surface area contributed by atoms with E-state index < -0.39 is 10.0 Å². The largest absolute Gasteiger partial charge is 0.376 e. The van der Waals surface area contributed by atoms with Crippen LogP contribution >= 0.6 is 12.2 Å². The van der Waals surface area contributed by atoms with E-state index in [0.717, 1.165) is 19.4 Å². The predicted molar refractivity (Wildman–Crippen MR) is 102 cm³/mol. The highest BCUT2D eigenvalue weighted by Gasteiger charge is 2.17. The van der Waals surface area contributed by atoms with E-state index in [4.69, 9.17) is 21.5 Å². The molecule has 1 atom stereocenters. The van der Waals surface area contributed by atoms with Crippen molar-refractivity contribution in [1.29, 1.82) is 0 Å². The van der Waals surface area contributed by atoms with Crippen molar-refractivity contribution in [2.45, 2.75) is 30.8 Å². The van der Waals surface area contributed by atoms with E-state index in [-0.39, 0.29) is 16.8 Å². The number of thiocarbonyl (C=S) groups is 1. The van der Waals surface area contributed by atoms with Crippen LogP contribution in [0.1, 0.15) is 18.6 Å². The molecular weight excluding hydrogens is 376 g/mol. The third-order valence-electron chi connectivity index (χ3n) is 3.80. The summed E-state index contributed by atoms with van der Waals surface area (Å²) in [5.41, 5.74) is 0.686. The van der Waals surface area contributed by atoms with Crippen LogP contribution in [0, 0.1) is 6.92 Å². The first-order valence-electron chi connectivity index (χ1n) is 8.15. The van der Waals surface area contributed by atoms with Gasteiger partial charge >= 0.3 is 0 Å². The number of sulfonamides is 1. The van der Waals surface area contributed by atoms with Crippen molar-refractivity contribution in [3.8, 4) is 0 Å². The molecule has 1 saturated heterocycles. The highest BCUT2D eigenvalue weighted by molar-refractivity contribution is 7.92. The van der Waals surface area contributed by atoms with E-state index in [1.54, 1.807) is 19.1 Å². The van der Waals surface area contributed by atoms with Crippen molar-refractivity contribution < 1.29 is 17.7 Å². The summed E-state index contributed by atoms with van der Waals surface area (Å²) in [4.78, 5) is 0.113. The molecule has 1 unspecified atom stereocenters. The second-order valence-electron chi connectivity index (χ2n) is 5.92. The van der Waals surface area contributed by atoms with Crippen LogP contribution in [0.4, 0.5) is 11.5 Å². The lowest BCUT2D eigenvalue weighted by molar-refractivity contribution is 0.114. The molecule has 8 nitrogen and oxygen atoms in total. The van der Waals surface area contributed by atoms with Gasteiger partial charge in [-0.1, -0.05) is 5.16 Å². The Morgan fingerprint density at radius 3 is 2.73 bits per heavy atom. The molecule has 0 saturated carbocycles. The fourth-order valence-electron chi connectivity index (χ4n) is 2.52. The van der Waals surface area contributed by atoms with Gasteiger partial charge in [-0.25, -0.2) is 8.42 Å². The van der Waals surface area contributed by atoms with Crippen LogP contribution in [0.15, 0.2) is 39.8 Å². The number of rotatable bonds is 6. The molecule has 0 spiro atoms. The maximum atomic E-state index is 12.3. The van der Waals surface area contributed by atoms with Crippen molar-refractivity contribution in [3.63, 3.8) is 0 Å². The van der Waals surface area contributed by atoms with Gasteiger partial charge in [0.2, 0.25) is 0 Å². The molecule has 0 bridgehead atoms. The lowest BCUT2D eigenvalue weighted by atomic mass is 10.2. The highest BCUT2D eigenvalue weighted by Crippen LogP contribution is 2.18. The summed E-state index contributed by atoms with van der Waals surface area (Å²) in [5.74, 6) is 0.662. The van der Waals surface area contributed by atoms with Gasteiger partial charge in [0.05, 0.1) is 11.0 Å². The van der Waals surface area contributed by atoms with Crippen LogP contribution in [0.25, 0.3) is 0 Å². The quantitative estimate of drug-likeness (QED) is 0.639. The van der Waals surface area contributed by atoms with E-state index >= 15 is 0 Å². The van der Waals surface area contributed by atoms with Crippen LogP contribution in [0.5, 0.6) is 0 Å². The topological polar surface area (TPSA) is 105 Å². The number of ether oxygens (including phenoxy) is 1. The lowest BCUT2D eigenvalue weighted by Crippen LogP contribution is -2.34. The molecule has 0 radical (unpaired) electrons. The zero-order chi connectivity index (χ0) is 18.6. The lowest BCUT2D eigenvalue weighted by Gasteiger charge is -2.14. The van der Waals surface area contributed by atoms with Crippen molar-refractivity contribution in [2.75, 3.05) is 23.2 Å². The summed E-state index contributed by atoms with van der Waals surface area (Å²) in [5, 5.41) is 10.2. The molecule has 0 amide bonds. The van der Waals surface area contributed by atoms with Gasteiger partial charge in [-0.3, -0.25) is 4.72 Å². The van der Waals surface area contributed by atoms with Gasteiger partial charge in [0.15, 0.2) is 10.9 Å². The van der Waals surface area contributed by atoms with Gasteiger partial charge in [0.1, 0.15) is 5.76 Å². The maximum absolute atomic E-state index is 12.3. The molecule has 1 fully saturated rings. The van der Waals surface area contributed by atoms with E-state index in [1.165, 1.54) is 18.2 Å². The van der Waals surface area contributed by atoms with E-state index in [1.807, 2.05) is 0 Å². The molecule has 1 aromatic carbocycles. The summed E-state index contributed by atoms with van der Waals surface area (Å²) < 4.78 is 37.4. The third-order valence-corrected chi connectivity index (χ3v) is 5.42. The molecular formula is C16H20N4O4S2. The number of nitrogens with one attached hydrogen (secondary N) is 3. The van der Waals surface area contributed by atoms with E-state index in [9.17, 15) is 8.42 Å². The Balaban J connectivity index is 1.56. The Morgan fingerprint density at radius 2 is 2.12 bits per heavy atom. The Kier molecular flexibility index (Phi) is 5.74. The number of benzene rings is 1. The zero-order valence-corrected chi connectivity index (χ0v) is 15.8. The first-order chi connectivity index (χ1) is 12.4. The number of aryl methyl sites for hydroxylation is 1. The van der Waals surface area contributed by atoms with Crippen molar-refractivity contribution in [3.05, 3.63) is 36.1 Å². The van der Waals surface area contributed by atoms with Gasteiger partial charge < -0.3 is 19.9 Å². The molecule has 2 aromatic rings. The van der Waals surface area contributed by atoms with Crippen molar-refractivity contribution in [1.82, 2.24) is 10.5 Å². The number of aromatic nitrogens is 1. The molecule has 0 aliphatic carbocycles. The minimum atomic E-state index is -3.73. The van der Waals surface area contributed by atoms with Gasteiger partial charge in [0, 0.05) is 24.9 Å². The normalized spacial score (nSPS) is 17.0. The number of nitrogens with zero attached hydrogens (tertiary/aromatic N) is 1. The summed E-state index contributed by atoms with van der Waals surface area (Å²) in [6.07, 6.45) is 2.29. The Morgan fingerprint density at radius 1 is 1.35 bits per heavy atom. The van der Waals surface area contributed by atoms with E-state index in [2.05, 4.69) is 20.5 Å². The van der Waals surface area contributed by atoms with Crippen molar-refractivity contribution in [2.24, 2.45) is 0 Å². The Bertz CT molecular complexity index is 859. The number of anilines is 2. The fraction of sp³-hybridized carbons (Fsp3) is 0.375. The molecule has 1 aromatic heterocycles. The SMILES string of the molecule is Cc1cc(NS(=O)(=O)c2ccc(NC(=S)NCC3CCCO3)cc2)no1. The average molecular weight is 396 g/mol. The third kappa shape index (κ3) is 4.93. The van der Waals surface area contributed by atoms with E-state index in [0.29, 0.717) is 23.1 Å². The van der Waals surface area contributed by atoms with Gasteiger partial charge in [-0.15, -0.1) is 0 Å². The molecule has 3 rings (SSSR count). The fourth-order valence-corrected chi connectivity index (χ4v) is 3.70.